The van der Waals surface area contributed by atoms with E-state index in [9.17, 15) is 0 Å². The summed E-state index contributed by atoms with van der Waals surface area (Å²) >= 11 is 0. The molecule has 4 nitrogen and oxygen atoms in total. The van der Waals surface area contributed by atoms with E-state index in [-0.39, 0.29) is 5.54 Å². The average molecular weight is 267 g/mol. The third-order valence-electron chi connectivity index (χ3n) is 4.07. The van der Waals surface area contributed by atoms with Crippen LogP contribution in [0, 0.1) is 6.92 Å². The molecule has 0 bridgehead atoms. The van der Waals surface area contributed by atoms with Crippen molar-refractivity contribution in [2.45, 2.75) is 31.7 Å². The molecule has 0 atom stereocenters. The standard InChI is InChI=1S/C16H17N3O/c1-10-8-13(19-15(18-10)16(17)5-6-16)11-2-3-14-12(9-11)4-7-20-14/h2-3,8-9H,4-7,17H2,1H3. The summed E-state index contributed by atoms with van der Waals surface area (Å²) in [5.41, 5.74) is 10.2. The van der Waals surface area contributed by atoms with Crippen LogP contribution in [0.5, 0.6) is 5.75 Å². The molecule has 0 amide bonds. The van der Waals surface area contributed by atoms with Crippen molar-refractivity contribution in [3.05, 3.63) is 41.3 Å². The zero-order chi connectivity index (χ0) is 13.7. The highest BCUT2D eigenvalue weighted by molar-refractivity contribution is 5.63. The molecular weight excluding hydrogens is 250 g/mol. The summed E-state index contributed by atoms with van der Waals surface area (Å²) in [6.07, 6.45) is 2.93. The van der Waals surface area contributed by atoms with Gasteiger partial charge in [-0.05, 0) is 49.6 Å². The van der Waals surface area contributed by atoms with Crippen molar-refractivity contribution < 1.29 is 4.74 Å². The normalized spacial score (nSPS) is 18.5. The van der Waals surface area contributed by atoms with Crippen LogP contribution < -0.4 is 10.5 Å². The summed E-state index contributed by atoms with van der Waals surface area (Å²) in [5, 5.41) is 0. The van der Waals surface area contributed by atoms with E-state index in [0.29, 0.717) is 0 Å². The molecule has 4 heteroatoms. The molecule has 20 heavy (non-hydrogen) atoms. The van der Waals surface area contributed by atoms with Gasteiger partial charge in [-0.3, -0.25) is 0 Å². The number of nitrogens with zero attached hydrogens (tertiary/aromatic N) is 2. The highest BCUT2D eigenvalue weighted by atomic mass is 16.5. The molecule has 1 aliphatic carbocycles. The van der Waals surface area contributed by atoms with Gasteiger partial charge in [-0.25, -0.2) is 9.97 Å². The molecule has 0 spiro atoms. The molecule has 0 saturated heterocycles. The first-order chi connectivity index (χ1) is 9.64. The van der Waals surface area contributed by atoms with E-state index in [1.807, 2.05) is 19.1 Å². The number of nitrogens with two attached hydrogens (primary N) is 1. The van der Waals surface area contributed by atoms with Crippen LogP contribution in [0.15, 0.2) is 24.3 Å². The quantitative estimate of drug-likeness (QED) is 0.907. The Morgan fingerprint density at radius 1 is 1.20 bits per heavy atom. The summed E-state index contributed by atoms with van der Waals surface area (Å²) in [4.78, 5) is 9.19. The van der Waals surface area contributed by atoms with Crippen molar-refractivity contribution in [2.75, 3.05) is 6.61 Å². The number of aromatic nitrogens is 2. The predicted molar refractivity (Wildman–Crippen MR) is 76.5 cm³/mol. The van der Waals surface area contributed by atoms with Crippen molar-refractivity contribution in [1.29, 1.82) is 0 Å². The lowest BCUT2D eigenvalue weighted by atomic mass is 10.1. The molecule has 2 aliphatic rings. The fourth-order valence-corrected chi connectivity index (χ4v) is 2.64. The monoisotopic (exact) mass is 267 g/mol. The lowest BCUT2D eigenvalue weighted by molar-refractivity contribution is 0.357. The topological polar surface area (TPSA) is 61.0 Å². The van der Waals surface area contributed by atoms with E-state index in [2.05, 4.69) is 22.1 Å². The van der Waals surface area contributed by atoms with Gasteiger partial charge in [0.25, 0.3) is 0 Å². The molecular formula is C16H17N3O. The fourth-order valence-electron chi connectivity index (χ4n) is 2.64. The molecule has 102 valence electrons. The highest BCUT2D eigenvalue weighted by Crippen LogP contribution is 2.41. The molecule has 2 N–H and O–H groups in total. The van der Waals surface area contributed by atoms with Gasteiger partial charge in [0, 0.05) is 17.7 Å². The predicted octanol–water partition coefficient (Wildman–Crippen LogP) is 2.33. The molecule has 0 radical (unpaired) electrons. The van der Waals surface area contributed by atoms with Crippen LogP contribution in [0.1, 0.15) is 29.9 Å². The zero-order valence-corrected chi connectivity index (χ0v) is 11.5. The second-order valence-electron chi connectivity index (χ2n) is 5.80. The lowest BCUT2D eigenvalue weighted by Crippen LogP contribution is -2.22. The van der Waals surface area contributed by atoms with E-state index in [1.165, 1.54) is 5.56 Å². The fraction of sp³-hybridized carbons (Fsp3) is 0.375. The molecule has 4 rings (SSSR count). The van der Waals surface area contributed by atoms with Crippen molar-refractivity contribution in [3.63, 3.8) is 0 Å². The van der Waals surface area contributed by atoms with Crippen LogP contribution in [-0.4, -0.2) is 16.6 Å². The van der Waals surface area contributed by atoms with Crippen LogP contribution in [0.3, 0.4) is 0 Å². The number of benzene rings is 1. The zero-order valence-electron chi connectivity index (χ0n) is 11.5. The number of hydrogen-bond donors (Lipinski definition) is 1. The Bertz CT molecular complexity index is 692. The van der Waals surface area contributed by atoms with Gasteiger partial charge >= 0.3 is 0 Å². The van der Waals surface area contributed by atoms with E-state index < -0.39 is 0 Å². The molecule has 2 heterocycles. The summed E-state index contributed by atoms with van der Waals surface area (Å²) < 4.78 is 5.55. The van der Waals surface area contributed by atoms with Crippen LogP contribution in [0.25, 0.3) is 11.3 Å². The Morgan fingerprint density at radius 2 is 2.05 bits per heavy atom. The van der Waals surface area contributed by atoms with Crippen LogP contribution >= 0.6 is 0 Å². The number of hydrogen-bond acceptors (Lipinski definition) is 4. The SMILES string of the molecule is Cc1cc(-c2ccc3c(c2)CCO3)nc(C2(N)CC2)n1. The van der Waals surface area contributed by atoms with E-state index in [0.717, 1.165) is 54.4 Å². The summed E-state index contributed by atoms with van der Waals surface area (Å²) in [5.74, 6) is 1.78. The van der Waals surface area contributed by atoms with Gasteiger partial charge in [-0.1, -0.05) is 0 Å². The maximum absolute atomic E-state index is 6.23. The molecule has 2 aromatic rings. The van der Waals surface area contributed by atoms with E-state index >= 15 is 0 Å². The second kappa shape index (κ2) is 4.03. The maximum Gasteiger partial charge on any atom is 0.149 e. The summed E-state index contributed by atoms with van der Waals surface area (Å²) in [6, 6.07) is 8.28. The first-order valence-corrected chi connectivity index (χ1v) is 7.05. The van der Waals surface area contributed by atoms with Gasteiger partial charge < -0.3 is 10.5 Å². The smallest absolute Gasteiger partial charge is 0.149 e. The largest absolute Gasteiger partial charge is 0.493 e. The Labute approximate surface area is 118 Å². The number of rotatable bonds is 2. The van der Waals surface area contributed by atoms with E-state index in [4.69, 9.17) is 10.5 Å². The number of aryl methyl sites for hydroxylation is 1. The number of fused-ring (bicyclic) bond motifs is 1. The van der Waals surface area contributed by atoms with Gasteiger partial charge in [-0.15, -0.1) is 0 Å². The minimum absolute atomic E-state index is 0.291. The van der Waals surface area contributed by atoms with Crippen molar-refractivity contribution >= 4 is 0 Å². The highest BCUT2D eigenvalue weighted by Gasteiger charge is 2.43. The van der Waals surface area contributed by atoms with Gasteiger partial charge in [-0.2, -0.15) is 0 Å². The third-order valence-corrected chi connectivity index (χ3v) is 4.07. The first-order valence-electron chi connectivity index (χ1n) is 7.05. The van der Waals surface area contributed by atoms with E-state index in [1.54, 1.807) is 0 Å². The summed E-state index contributed by atoms with van der Waals surface area (Å²) in [6.45, 7) is 2.77. The minimum Gasteiger partial charge on any atom is -0.493 e. The van der Waals surface area contributed by atoms with Crippen LogP contribution in [-0.2, 0) is 12.0 Å². The third kappa shape index (κ3) is 1.88. The van der Waals surface area contributed by atoms with Gasteiger partial charge in [0.05, 0.1) is 17.8 Å². The molecule has 1 fully saturated rings. The first kappa shape index (κ1) is 11.9. The Balaban J connectivity index is 1.80. The van der Waals surface area contributed by atoms with Gasteiger partial charge in [0.2, 0.25) is 0 Å². The van der Waals surface area contributed by atoms with Crippen molar-refractivity contribution in [1.82, 2.24) is 9.97 Å². The summed E-state index contributed by atoms with van der Waals surface area (Å²) in [7, 11) is 0. The molecule has 0 unspecified atom stereocenters. The Kier molecular flexibility index (Phi) is 2.39. The average Bonchev–Trinajstić information content (AvgIpc) is 3.03. The number of ether oxygens (including phenoxy) is 1. The Morgan fingerprint density at radius 3 is 2.85 bits per heavy atom. The minimum atomic E-state index is -0.291. The van der Waals surface area contributed by atoms with Crippen LogP contribution in [0.2, 0.25) is 0 Å². The maximum atomic E-state index is 6.23. The lowest BCUT2D eigenvalue weighted by Gasteiger charge is -2.11. The van der Waals surface area contributed by atoms with Crippen molar-refractivity contribution in [2.24, 2.45) is 5.73 Å². The molecule has 1 aliphatic heterocycles. The van der Waals surface area contributed by atoms with Gasteiger partial charge in [0.15, 0.2) is 0 Å². The van der Waals surface area contributed by atoms with Crippen LogP contribution in [0.4, 0.5) is 0 Å². The Hall–Kier alpha value is -1.94. The molecule has 1 saturated carbocycles. The second-order valence-corrected chi connectivity index (χ2v) is 5.80. The van der Waals surface area contributed by atoms with Crippen molar-refractivity contribution in [3.8, 4) is 17.0 Å². The van der Waals surface area contributed by atoms with Gasteiger partial charge in [0.1, 0.15) is 11.6 Å². The molecule has 1 aromatic carbocycles. The molecule has 1 aromatic heterocycles.